The van der Waals surface area contributed by atoms with Crippen molar-refractivity contribution in [2.45, 2.75) is 6.92 Å². The van der Waals surface area contributed by atoms with E-state index in [4.69, 9.17) is 0 Å². The third-order valence-corrected chi connectivity index (χ3v) is 3.45. The molecule has 2 heterocycles. The summed E-state index contributed by atoms with van der Waals surface area (Å²) in [4.78, 5) is 15.7. The van der Waals surface area contributed by atoms with Crippen LogP contribution < -0.4 is 10.6 Å². The summed E-state index contributed by atoms with van der Waals surface area (Å²) in [5.74, 6) is 0.661. The van der Waals surface area contributed by atoms with Gasteiger partial charge in [-0.15, -0.1) is 0 Å². The van der Waals surface area contributed by atoms with Gasteiger partial charge in [0.25, 0.3) is 0 Å². The number of nitrogens with zero attached hydrogens (tertiary/aromatic N) is 3. The molecule has 0 bridgehead atoms. The van der Waals surface area contributed by atoms with Gasteiger partial charge in [-0.25, -0.2) is 9.37 Å². The third kappa shape index (κ3) is 2.80. The van der Waals surface area contributed by atoms with Gasteiger partial charge in [0, 0.05) is 12.2 Å². The summed E-state index contributed by atoms with van der Waals surface area (Å²) in [5.41, 5.74) is 1.80. The Kier molecular flexibility index (Phi) is 3.70. The van der Waals surface area contributed by atoms with Gasteiger partial charge in [0.15, 0.2) is 11.5 Å². The molecule has 0 aliphatic rings. The smallest absolute Gasteiger partial charge is 0.226 e. The third-order valence-electron chi connectivity index (χ3n) is 2.80. The van der Waals surface area contributed by atoms with Gasteiger partial charge < -0.3 is 15.6 Å². The van der Waals surface area contributed by atoms with Crippen molar-refractivity contribution in [1.29, 1.82) is 0 Å². The van der Waals surface area contributed by atoms with Crippen molar-refractivity contribution < 1.29 is 4.39 Å². The van der Waals surface area contributed by atoms with E-state index in [-0.39, 0.29) is 5.82 Å². The quantitative estimate of drug-likeness (QED) is 0.671. The first-order valence-electron chi connectivity index (χ1n) is 6.34. The highest BCUT2D eigenvalue weighted by Crippen LogP contribution is 2.25. The van der Waals surface area contributed by atoms with E-state index in [0.717, 1.165) is 0 Å². The van der Waals surface area contributed by atoms with E-state index >= 15 is 0 Å². The first-order valence-corrected chi connectivity index (χ1v) is 7.13. The molecule has 21 heavy (non-hydrogen) atoms. The molecule has 3 N–H and O–H groups in total. The number of imidazole rings is 1. The van der Waals surface area contributed by atoms with E-state index in [0.29, 0.717) is 39.6 Å². The molecule has 108 valence electrons. The largest absolute Gasteiger partial charge is 0.354 e. The fourth-order valence-corrected chi connectivity index (χ4v) is 2.12. The number of hydrogen-bond donors (Lipinski definition) is 3. The number of aromatic nitrogens is 4. The van der Waals surface area contributed by atoms with E-state index in [9.17, 15) is 4.39 Å². The Morgan fingerprint density at radius 2 is 2.19 bits per heavy atom. The van der Waals surface area contributed by atoms with Crippen LogP contribution in [0.2, 0.25) is 0 Å². The highest BCUT2D eigenvalue weighted by Gasteiger charge is 2.10. The molecule has 0 atom stereocenters. The number of aromatic amines is 1. The standard InChI is InChI=1S/C13H12BrFN6/c1-2-16-13-20-11-10(17-6-18-11)12(21-13)19-7-3-4-8(14)9(15)5-7/h3-6H,2H2,1H3,(H3,16,17,18,19,20,21). The molecule has 1 aromatic carbocycles. The lowest BCUT2D eigenvalue weighted by Crippen LogP contribution is -2.05. The van der Waals surface area contributed by atoms with Crippen molar-refractivity contribution in [3.8, 4) is 0 Å². The zero-order chi connectivity index (χ0) is 14.8. The van der Waals surface area contributed by atoms with Gasteiger partial charge in [0.2, 0.25) is 5.95 Å². The maximum absolute atomic E-state index is 13.6. The summed E-state index contributed by atoms with van der Waals surface area (Å²) in [5, 5.41) is 6.12. The van der Waals surface area contributed by atoms with Gasteiger partial charge in [0.1, 0.15) is 11.3 Å². The molecule has 0 aliphatic carbocycles. The van der Waals surface area contributed by atoms with Crippen LogP contribution >= 0.6 is 15.9 Å². The van der Waals surface area contributed by atoms with Gasteiger partial charge in [-0.2, -0.15) is 9.97 Å². The van der Waals surface area contributed by atoms with Crippen molar-refractivity contribution in [1.82, 2.24) is 19.9 Å². The van der Waals surface area contributed by atoms with Crippen molar-refractivity contribution in [3.63, 3.8) is 0 Å². The molecular weight excluding hydrogens is 339 g/mol. The fourth-order valence-electron chi connectivity index (χ4n) is 1.87. The average molecular weight is 351 g/mol. The number of halogens is 2. The minimum absolute atomic E-state index is 0.346. The highest BCUT2D eigenvalue weighted by atomic mass is 79.9. The normalized spacial score (nSPS) is 10.8. The molecular formula is C13H12BrFN6. The Labute approximate surface area is 128 Å². The van der Waals surface area contributed by atoms with Crippen LogP contribution in [0.4, 0.5) is 21.8 Å². The zero-order valence-electron chi connectivity index (χ0n) is 11.1. The van der Waals surface area contributed by atoms with E-state index in [1.54, 1.807) is 18.5 Å². The van der Waals surface area contributed by atoms with Crippen LogP contribution in [0.5, 0.6) is 0 Å². The lowest BCUT2D eigenvalue weighted by Gasteiger charge is -2.09. The Balaban J connectivity index is 2.01. The second-order valence-electron chi connectivity index (χ2n) is 4.28. The monoisotopic (exact) mass is 350 g/mol. The molecule has 3 aromatic rings. The fraction of sp³-hybridized carbons (Fsp3) is 0.154. The predicted octanol–water partition coefficient (Wildman–Crippen LogP) is 3.43. The maximum Gasteiger partial charge on any atom is 0.226 e. The first-order chi connectivity index (χ1) is 10.2. The summed E-state index contributed by atoms with van der Waals surface area (Å²) < 4.78 is 14.0. The summed E-state index contributed by atoms with van der Waals surface area (Å²) in [6, 6.07) is 4.78. The molecule has 0 unspecified atom stereocenters. The van der Waals surface area contributed by atoms with Crippen LogP contribution in [0.25, 0.3) is 11.2 Å². The molecule has 6 nitrogen and oxygen atoms in total. The zero-order valence-corrected chi connectivity index (χ0v) is 12.7. The summed E-state index contributed by atoms with van der Waals surface area (Å²) in [6.07, 6.45) is 1.54. The van der Waals surface area contributed by atoms with E-state index in [1.165, 1.54) is 6.07 Å². The van der Waals surface area contributed by atoms with Crippen molar-refractivity contribution in [2.75, 3.05) is 17.2 Å². The van der Waals surface area contributed by atoms with E-state index in [2.05, 4.69) is 46.5 Å². The average Bonchev–Trinajstić information content (AvgIpc) is 2.92. The van der Waals surface area contributed by atoms with Crippen LogP contribution in [-0.2, 0) is 0 Å². The van der Waals surface area contributed by atoms with Gasteiger partial charge in [-0.3, -0.25) is 0 Å². The first kappa shape index (κ1) is 13.7. The molecule has 0 fully saturated rings. The molecule has 0 amide bonds. The summed E-state index contributed by atoms with van der Waals surface area (Å²) in [6.45, 7) is 2.65. The molecule has 0 spiro atoms. The Morgan fingerprint density at radius 3 is 2.95 bits per heavy atom. The summed E-state index contributed by atoms with van der Waals surface area (Å²) >= 11 is 3.13. The minimum atomic E-state index is -0.346. The van der Waals surface area contributed by atoms with Gasteiger partial charge in [-0.1, -0.05) is 0 Å². The second-order valence-corrected chi connectivity index (χ2v) is 5.14. The topological polar surface area (TPSA) is 78.5 Å². The predicted molar refractivity (Wildman–Crippen MR) is 83.2 cm³/mol. The van der Waals surface area contributed by atoms with Crippen LogP contribution in [0, 0.1) is 5.82 Å². The Morgan fingerprint density at radius 1 is 1.33 bits per heavy atom. The SMILES string of the molecule is CCNc1nc(Nc2ccc(Br)c(F)c2)c2[nH]cnc2n1. The van der Waals surface area contributed by atoms with Gasteiger partial charge in [-0.05, 0) is 41.1 Å². The Hall–Kier alpha value is -2.22. The number of H-pyrrole nitrogens is 1. The number of rotatable bonds is 4. The van der Waals surface area contributed by atoms with E-state index in [1.807, 2.05) is 6.92 Å². The number of fused-ring (bicyclic) bond motifs is 1. The molecule has 0 aliphatic heterocycles. The minimum Gasteiger partial charge on any atom is -0.354 e. The molecule has 0 saturated heterocycles. The lowest BCUT2D eigenvalue weighted by atomic mass is 10.3. The van der Waals surface area contributed by atoms with Gasteiger partial charge >= 0.3 is 0 Å². The number of benzene rings is 1. The van der Waals surface area contributed by atoms with Crippen LogP contribution in [-0.4, -0.2) is 26.5 Å². The summed E-state index contributed by atoms with van der Waals surface area (Å²) in [7, 11) is 0. The van der Waals surface area contributed by atoms with Crippen LogP contribution in [0.1, 0.15) is 6.92 Å². The molecule has 2 aromatic heterocycles. The Bertz CT molecular complexity index is 787. The van der Waals surface area contributed by atoms with Crippen molar-refractivity contribution >= 4 is 44.5 Å². The highest BCUT2D eigenvalue weighted by molar-refractivity contribution is 9.10. The molecule has 3 rings (SSSR count). The second kappa shape index (κ2) is 5.65. The maximum atomic E-state index is 13.6. The van der Waals surface area contributed by atoms with Crippen molar-refractivity contribution in [3.05, 3.63) is 34.8 Å². The van der Waals surface area contributed by atoms with Crippen molar-refractivity contribution in [2.24, 2.45) is 0 Å². The number of nitrogens with one attached hydrogen (secondary N) is 3. The van der Waals surface area contributed by atoms with E-state index < -0.39 is 0 Å². The number of anilines is 3. The lowest BCUT2D eigenvalue weighted by molar-refractivity contribution is 0.622. The van der Waals surface area contributed by atoms with Crippen LogP contribution in [0.3, 0.4) is 0 Å². The van der Waals surface area contributed by atoms with Crippen LogP contribution in [0.15, 0.2) is 29.0 Å². The number of hydrogen-bond acceptors (Lipinski definition) is 5. The molecule has 0 saturated carbocycles. The molecule has 0 radical (unpaired) electrons. The molecule has 8 heteroatoms. The van der Waals surface area contributed by atoms with Gasteiger partial charge in [0.05, 0.1) is 10.8 Å².